The minimum atomic E-state index is 0.239. The van der Waals surface area contributed by atoms with Gasteiger partial charge in [0.25, 0.3) is 0 Å². The number of benzene rings is 1. The van der Waals surface area contributed by atoms with Crippen LogP contribution in [-0.2, 0) is 0 Å². The van der Waals surface area contributed by atoms with Gasteiger partial charge in [0.1, 0.15) is 0 Å². The topological polar surface area (TPSA) is 37.8 Å². The third-order valence-electron chi connectivity index (χ3n) is 3.17. The van der Waals surface area contributed by atoms with E-state index in [4.69, 9.17) is 23.2 Å². The lowest BCUT2D eigenvalue weighted by Crippen LogP contribution is -2.19. The second kappa shape index (κ2) is 6.53. The summed E-state index contributed by atoms with van der Waals surface area (Å²) in [7, 11) is 0. The number of aryl methyl sites for hydroxylation is 1. The van der Waals surface area contributed by atoms with Gasteiger partial charge < -0.3 is 5.32 Å². The lowest BCUT2D eigenvalue weighted by atomic mass is 10.1. The fourth-order valence-electron chi connectivity index (χ4n) is 2.09. The lowest BCUT2D eigenvalue weighted by molar-refractivity contribution is 0.590. The summed E-state index contributed by atoms with van der Waals surface area (Å²) in [5.41, 5.74) is 2.94. The maximum Gasteiger partial charge on any atom is 0.159 e. The molecule has 2 aromatic rings. The number of hydrogen-bond donors (Lipinski definition) is 1. The summed E-state index contributed by atoms with van der Waals surface area (Å²) in [5.74, 6) is 0.661. The molecule has 0 saturated carbocycles. The van der Waals surface area contributed by atoms with Gasteiger partial charge in [0.2, 0.25) is 0 Å². The molecule has 1 aromatic heterocycles. The van der Waals surface area contributed by atoms with E-state index >= 15 is 0 Å². The molecule has 1 aromatic carbocycles. The Morgan fingerprint density at radius 2 is 2.00 bits per heavy atom. The maximum atomic E-state index is 6.03. The van der Waals surface area contributed by atoms with Crippen molar-refractivity contribution in [3.63, 3.8) is 0 Å². The highest BCUT2D eigenvalue weighted by atomic mass is 35.5. The summed E-state index contributed by atoms with van der Waals surface area (Å²) in [5, 5.41) is 4.40. The van der Waals surface area contributed by atoms with E-state index < -0.39 is 0 Å². The second-order valence-corrected chi connectivity index (χ2v) is 5.46. The van der Waals surface area contributed by atoms with E-state index in [0.717, 1.165) is 23.4 Å². The van der Waals surface area contributed by atoms with Crippen molar-refractivity contribution in [1.82, 2.24) is 15.3 Å². The number of nitrogens with zero attached hydrogens (tertiary/aromatic N) is 2. The van der Waals surface area contributed by atoms with Gasteiger partial charge in [-0.1, -0.05) is 30.1 Å². The monoisotopic (exact) mass is 309 g/mol. The molecule has 0 amide bonds. The maximum absolute atomic E-state index is 6.03. The lowest BCUT2D eigenvalue weighted by Gasteiger charge is -2.15. The summed E-state index contributed by atoms with van der Waals surface area (Å²) in [4.78, 5) is 9.00. The van der Waals surface area contributed by atoms with Crippen molar-refractivity contribution in [2.45, 2.75) is 26.8 Å². The molecule has 1 unspecified atom stereocenters. The smallest absolute Gasteiger partial charge is 0.159 e. The van der Waals surface area contributed by atoms with Gasteiger partial charge in [0.15, 0.2) is 5.82 Å². The van der Waals surface area contributed by atoms with Crippen LogP contribution in [0.2, 0.25) is 10.0 Å². The molecule has 0 radical (unpaired) electrons. The zero-order chi connectivity index (χ0) is 14.7. The van der Waals surface area contributed by atoms with Crippen molar-refractivity contribution in [2.24, 2.45) is 0 Å². The van der Waals surface area contributed by atoms with Crippen molar-refractivity contribution < 1.29 is 0 Å². The molecule has 3 nitrogen and oxygen atoms in total. The van der Waals surface area contributed by atoms with E-state index in [-0.39, 0.29) is 6.04 Å². The quantitative estimate of drug-likeness (QED) is 0.908. The average Bonchev–Trinajstić information content (AvgIpc) is 2.42. The standard InChI is InChI=1S/C15H17Cl2N3/c1-4-18-9(2)12-8-19-15(20-10(12)3)11-5-6-13(16)14(17)7-11/h5-9,18H,4H2,1-3H3. The molecule has 0 bridgehead atoms. The van der Waals surface area contributed by atoms with Crippen LogP contribution >= 0.6 is 23.2 Å². The molecule has 0 saturated heterocycles. The van der Waals surface area contributed by atoms with Gasteiger partial charge in [-0.2, -0.15) is 0 Å². The van der Waals surface area contributed by atoms with E-state index in [1.165, 1.54) is 0 Å². The zero-order valence-corrected chi connectivity index (χ0v) is 13.3. The fourth-order valence-corrected chi connectivity index (χ4v) is 2.39. The predicted molar refractivity (Wildman–Crippen MR) is 84.3 cm³/mol. The molecule has 106 valence electrons. The Morgan fingerprint density at radius 3 is 2.60 bits per heavy atom. The van der Waals surface area contributed by atoms with Gasteiger partial charge in [0, 0.05) is 29.1 Å². The molecular formula is C15H17Cl2N3. The summed E-state index contributed by atoms with van der Waals surface area (Å²) >= 11 is 11.9. The molecule has 1 heterocycles. The Morgan fingerprint density at radius 1 is 1.25 bits per heavy atom. The highest BCUT2D eigenvalue weighted by molar-refractivity contribution is 6.42. The largest absolute Gasteiger partial charge is 0.310 e. The van der Waals surface area contributed by atoms with E-state index in [0.29, 0.717) is 15.9 Å². The van der Waals surface area contributed by atoms with Crippen LogP contribution in [0.1, 0.15) is 31.1 Å². The Balaban J connectivity index is 2.35. The van der Waals surface area contributed by atoms with E-state index in [1.54, 1.807) is 12.1 Å². The normalized spacial score (nSPS) is 12.4. The third kappa shape index (κ3) is 3.29. The van der Waals surface area contributed by atoms with E-state index in [9.17, 15) is 0 Å². The summed E-state index contributed by atoms with van der Waals surface area (Å²) < 4.78 is 0. The average molecular weight is 310 g/mol. The molecule has 0 aliphatic heterocycles. The number of halogens is 2. The molecule has 0 fully saturated rings. The van der Waals surface area contributed by atoms with Gasteiger partial charge in [0.05, 0.1) is 10.0 Å². The number of hydrogen-bond acceptors (Lipinski definition) is 3. The van der Waals surface area contributed by atoms with Crippen molar-refractivity contribution in [2.75, 3.05) is 6.54 Å². The van der Waals surface area contributed by atoms with Gasteiger partial charge in [-0.05, 0) is 38.6 Å². The first-order valence-corrected chi connectivity index (χ1v) is 7.30. The molecule has 2 rings (SSSR count). The second-order valence-electron chi connectivity index (χ2n) is 4.64. The minimum Gasteiger partial charge on any atom is -0.310 e. The van der Waals surface area contributed by atoms with Gasteiger partial charge >= 0.3 is 0 Å². The molecular weight excluding hydrogens is 293 g/mol. The molecule has 0 aliphatic carbocycles. The highest BCUT2D eigenvalue weighted by Gasteiger charge is 2.11. The van der Waals surface area contributed by atoms with Gasteiger partial charge in [-0.3, -0.25) is 0 Å². The van der Waals surface area contributed by atoms with Gasteiger partial charge in [-0.25, -0.2) is 9.97 Å². The van der Waals surface area contributed by atoms with Crippen molar-refractivity contribution in [3.8, 4) is 11.4 Å². The van der Waals surface area contributed by atoms with Crippen LogP contribution in [0.4, 0.5) is 0 Å². The summed E-state index contributed by atoms with van der Waals surface area (Å²) in [6, 6.07) is 5.65. The molecule has 5 heteroatoms. The molecule has 1 atom stereocenters. The van der Waals surface area contributed by atoms with E-state index in [2.05, 4.69) is 29.1 Å². The zero-order valence-electron chi connectivity index (χ0n) is 11.7. The minimum absolute atomic E-state index is 0.239. The predicted octanol–water partition coefficient (Wildman–Crippen LogP) is 4.43. The number of nitrogens with one attached hydrogen (secondary N) is 1. The summed E-state index contributed by atoms with van der Waals surface area (Å²) in [6.07, 6.45) is 1.87. The van der Waals surface area contributed by atoms with Crippen LogP contribution in [0, 0.1) is 6.92 Å². The molecule has 0 spiro atoms. The van der Waals surface area contributed by atoms with Crippen LogP contribution in [0.3, 0.4) is 0 Å². The Kier molecular flexibility index (Phi) is 4.97. The molecule has 20 heavy (non-hydrogen) atoms. The highest BCUT2D eigenvalue weighted by Crippen LogP contribution is 2.27. The van der Waals surface area contributed by atoms with Gasteiger partial charge in [-0.15, -0.1) is 0 Å². The molecule has 1 N–H and O–H groups in total. The molecule has 0 aliphatic rings. The van der Waals surface area contributed by atoms with Crippen LogP contribution in [0.5, 0.6) is 0 Å². The van der Waals surface area contributed by atoms with Crippen molar-refractivity contribution >= 4 is 23.2 Å². The first-order valence-electron chi connectivity index (χ1n) is 6.55. The fraction of sp³-hybridized carbons (Fsp3) is 0.333. The van der Waals surface area contributed by atoms with E-state index in [1.807, 2.05) is 19.2 Å². The summed E-state index contributed by atoms with van der Waals surface area (Å²) in [6.45, 7) is 7.09. The van der Waals surface area contributed by atoms with Crippen LogP contribution < -0.4 is 5.32 Å². The Labute approximate surface area is 129 Å². The Hall–Kier alpha value is -1.16. The third-order valence-corrected chi connectivity index (χ3v) is 3.91. The SMILES string of the molecule is CCNC(C)c1cnc(-c2ccc(Cl)c(Cl)c2)nc1C. The van der Waals surface area contributed by atoms with Crippen molar-refractivity contribution in [3.05, 3.63) is 45.7 Å². The first kappa shape index (κ1) is 15.2. The van der Waals surface area contributed by atoms with Crippen molar-refractivity contribution in [1.29, 1.82) is 0 Å². The van der Waals surface area contributed by atoms with Crippen LogP contribution in [-0.4, -0.2) is 16.5 Å². The first-order chi connectivity index (χ1) is 9.52. The van der Waals surface area contributed by atoms with Crippen LogP contribution in [0.15, 0.2) is 24.4 Å². The number of rotatable bonds is 4. The Bertz CT molecular complexity index is 614. The van der Waals surface area contributed by atoms with Crippen LogP contribution in [0.25, 0.3) is 11.4 Å². The number of aromatic nitrogens is 2.